The number of nitrogens with zero attached hydrogens (tertiary/aromatic N) is 1. The lowest BCUT2D eigenvalue weighted by Gasteiger charge is -2.19. The van der Waals surface area contributed by atoms with Crippen molar-refractivity contribution in [2.24, 2.45) is 0 Å². The SMILES string of the molecule is Cc1nc(C2CCOCC2)sc1CO. The second kappa shape index (κ2) is 4.38. The molecule has 1 fully saturated rings. The van der Waals surface area contributed by atoms with Crippen molar-refractivity contribution in [1.82, 2.24) is 4.98 Å². The standard InChI is InChI=1S/C10H15NO2S/c1-7-9(6-12)14-10(11-7)8-2-4-13-5-3-8/h8,12H,2-6H2,1H3. The van der Waals surface area contributed by atoms with E-state index in [1.807, 2.05) is 6.92 Å². The van der Waals surface area contributed by atoms with Crippen LogP contribution >= 0.6 is 11.3 Å². The van der Waals surface area contributed by atoms with Crippen LogP contribution in [0.3, 0.4) is 0 Å². The van der Waals surface area contributed by atoms with Gasteiger partial charge in [-0.1, -0.05) is 0 Å². The van der Waals surface area contributed by atoms with E-state index in [1.54, 1.807) is 11.3 Å². The van der Waals surface area contributed by atoms with E-state index in [1.165, 1.54) is 5.01 Å². The highest BCUT2D eigenvalue weighted by molar-refractivity contribution is 7.11. The van der Waals surface area contributed by atoms with E-state index in [-0.39, 0.29) is 6.61 Å². The summed E-state index contributed by atoms with van der Waals surface area (Å²) in [4.78, 5) is 5.51. The van der Waals surface area contributed by atoms with Gasteiger partial charge < -0.3 is 9.84 Å². The predicted octanol–water partition coefficient (Wildman–Crippen LogP) is 1.84. The Morgan fingerprint density at radius 2 is 2.21 bits per heavy atom. The number of hydrogen-bond donors (Lipinski definition) is 1. The smallest absolute Gasteiger partial charge is 0.0964 e. The van der Waals surface area contributed by atoms with E-state index in [0.717, 1.165) is 36.6 Å². The largest absolute Gasteiger partial charge is 0.391 e. The van der Waals surface area contributed by atoms with Gasteiger partial charge in [0.05, 0.1) is 22.2 Å². The summed E-state index contributed by atoms with van der Waals surface area (Å²) in [5.41, 5.74) is 0.985. The second-order valence-corrected chi connectivity index (χ2v) is 4.72. The van der Waals surface area contributed by atoms with E-state index < -0.39 is 0 Å². The van der Waals surface area contributed by atoms with Crippen LogP contribution in [0.4, 0.5) is 0 Å². The summed E-state index contributed by atoms with van der Waals surface area (Å²) in [5.74, 6) is 0.549. The first-order valence-corrected chi connectivity index (χ1v) is 5.77. The van der Waals surface area contributed by atoms with Crippen molar-refractivity contribution in [2.45, 2.75) is 32.3 Å². The molecule has 2 rings (SSSR count). The maximum atomic E-state index is 9.08. The van der Waals surface area contributed by atoms with Crippen LogP contribution in [0, 0.1) is 6.92 Å². The molecule has 0 unspecified atom stereocenters. The van der Waals surface area contributed by atoms with E-state index in [0.29, 0.717) is 5.92 Å². The fourth-order valence-electron chi connectivity index (χ4n) is 1.72. The van der Waals surface area contributed by atoms with Crippen molar-refractivity contribution < 1.29 is 9.84 Å². The summed E-state index contributed by atoms with van der Waals surface area (Å²) in [6, 6.07) is 0. The van der Waals surface area contributed by atoms with Gasteiger partial charge in [-0.15, -0.1) is 11.3 Å². The third-order valence-electron chi connectivity index (χ3n) is 2.62. The Morgan fingerprint density at radius 1 is 1.50 bits per heavy atom. The molecule has 1 aliphatic heterocycles. The summed E-state index contributed by atoms with van der Waals surface area (Å²) in [6.07, 6.45) is 2.13. The first-order chi connectivity index (χ1) is 6.81. The van der Waals surface area contributed by atoms with Gasteiger partial charge in [-0.3, -0.25) is 0 Å². The molecule has 1 aromatic rings. The van der Waals surface area contributed by atoms with Crippen molar-refractivity contribution >= 4 is 11.3 Å². The molecule has 0 atom stereocenters. The number of rotatable bonds is 2. The predicted molar refractivity (Wildman–Crippen MR) is 55.6 cm³/mol. The minimum atomic E-state index is 0.118. The summed E-state index contributed by atoms with van der Waals surface area (Å²) < 4.78 is 5.31. The van der Waals surface area contributed by atoms with Crippen LogP contribution in [0.5, 0.6) is 0 Å². The van der Waals surface area contributed by atoms with Crippen LogP contribution in [0.15, 0.2) is 0 Å². The number of aliphatic hydroxyl groups is 1. The summed E-state index contributed by atoms with van der Waals surface area (Å²) >= 11 is 1.65. The molecule has 0 amide bonds. The lowest BCUT2D eigenvalue weighted by Crippen LogP contribution is -2.13. The summed E-state index contributed by atoms with van der Waals surface area (Å²) in [7, 11) is 0. The van der Waals surface area contributed by atoms with Crippen LogP contribution in [-0.2, 0) is 11.3 Å². The fourth-order valence-corrected chi connectivity index (χ4v) is 2.81. The molecule has 1 N–H and O–H groups in total. The fraction of sp³-hybridized carbons (Fsp3) is 0.700. The van der Waals surface area contributed by atoms with Gasteiger partial charge in [-0.25, -0.2) is 4.98 Å². The zero-order valence-corrected chi connectivity index (χ0v) is 9.14. The highest BCUT2D eigenvalue weighted by Gasteiger charge is 2.20. The molecular weight excluding hydrogens is 198 g/mol. The number of aryl methyl sites for hydroxylation is 1. The Hall–Kier alpha value is -0.450. The van der Waals surface area contributed by atoms with E-state index in [9.17, 15) is 0 Å². The number of aromatic nitrogens is 1. The van der Waals surface area contributed by atoms with Crippen LogP contribution in [-0.4, -0.2) is 23.3 Å². The maximum absolute atomic E-state index is 9.08. The lowest BCUT2D eigenvalue weighted by molar-refractivity contribution is 0.0852. The minimum Gasteiger partial charge on any atom is -0.391 e. The Bertz CT molecular complexity index is 305. The molecule has 0 saturated carbocycles. The van der Waals surface area contributed by atoms with E-state index in [4.69, 9.17) is 9.84 Å². The highest BCUT2D eigenvalue weighted by Crippen LogP contribution is 2.31. The number of hydrogen-bond acceptors (Lipinski definition) is 4. The molecule has 14 heavy (non-hydrogen) atoms. The molecule has 1 aromatic heterocycles. The summed E-state index contributed by atoms with van der Waals surface area (Å²) in [6.45, 7) is 3.77. The Balaban J connectivity index is 2.14. The molecule has 0 aliphatic carbocycles. The molecule has 0 radical (unpaired) electrons. The van der Waals surface area contributed by atoms with E-state index in [2.05, 4.69) is 4.98 Å². The summed E-state index contributed by atoms with van der Waals surface area (Å²) in [5, 5.41) is 10.3. The van der Waals surface area contributed by atoms with Gasteiger partial charge >= 0.3 is 0 Å². The van der Waals surface area contributed by atoms with Crippen molar-refractivity contribution in [3.8, 4) is 0 Å². The van der Waals surface area contributed by atoms with Crippen molar-refractivity contribution in [2.75, 3.05) is 13.2 Å². The first-order valence-electron chi connectivity index (χ1n) is 4.96. The van der Waals surface area contributed by atoms with Gasteiger partial charge in [0.15, 0.2) is 0 Å². The number of aliphatic hydroxyl groups excluding tert-OH is 1. The molecule has 0 bridgehead atoms. The zero-order chi connectivity index (χ0) is 9.97. The number of thiazole rings is 1. The van der Waals surface area contributed by atoms with Crippen LogP contribution in [0.1, 0.15) is 34.3 Å². The Morgan fingerprint density at radius 3 is 2.79 bits per heavy atom. The first kappa shape index (κ1) is 10.1. The third-order valence-corrected chi connectivity index (χ3v) is 3.93. The normalized spacial score (nSPS) is 18.7. The molecular formula is C10H15NO2S. The highest BCUT2D eigenvalue weighted by atomic mass is 32.1. The third kappa shape index (κ3) is 1.97. The van der Waals surface area contributed by atoms with Gasteiger partial charge in [0.2, 0.25) is 0 Å². The molecule has 2 heterocycles. The van der Waals surface area contributed by atoms with Gasteiger partial charge in [0.1, 0.15) is 0 Å². The maximum Gasteiger partial charge on any atom is 0.0964 e. The van der Waals surface area contributed by atoms with Crippen LogP contribution in [0.2, 0.25) is 0 Å². The monoisotopic (exact) mass is 213 g/mol. The quantitative estimate of drug-likeness (QED) is 0.815. The molecule has 1 saturated heterocycles. The van der Waals surface area contributed by atoms with Gasteiger partial charge in [0, 0.05) is 19.1 Å². The van der Waals surface area contributed by atoms with Crippen LogP contribution < -0.4 is 0 Å². The Labute approximate surface area is 87.7 Å². The molecule has 1 aliphatic rings. The average Bonchev–Trinajstić information content (AvgIpc) is 2.61. The van der Waals surface area contributed by atoms with Gasteiger partial charge in [-0.2, -0.15) is 0 Å². The molecule has 4 heteroatoms. The van der Waals surface area contributed by atoms with E-state index >= 15 is 0 Å². The van der Waals surface area contributed by atoms with Gasteiger partial charge in [-0.05, 0) is 19.8 Å². The molecule has 78 valence electrons. The topological polar surface area (TPSA) is 42.4 Å². The van der Waals surface area contributed by atoms with Crippen LogP contribution in [0.25, 0.3) is 0 Å². The molecule has 0 spiro atoms. The molecule has 0 aromatic carbocycles. The average molecular weight is 213 g/mol. The molecule has 3 nitrogen and oxygen atoms in total. The van der Waals surface area contributed by atoms with Crippen molar-refractivity contribution in [1.29, 1.82) is 0 Å². The van der Waals surface area contributed by atoms with Crippen molar-refractivity contribution in [3.05, 3.63) is 15.6 Å². The number of ether oxygens (including phenoxy) is 1. The van der Waals surface area contributed by atoms with Gasteiger partial charge in [0.25, 0.3) is 0 Å². The lowest BCUT2D eigenvalue weighted by atomic mass is 10.0. The minimum absolute atomic E-state index is 0.118. The van der Waals surface area contributed by atoms with Crippen molar-refractivity contribution in [3.63, 3.8) is 0 Å². The second-order valence-electron chi connectivity index (χ2n) is 3.61. The Kier molecular flexibility index (Phi) is 3.15. The zero-order valence-electron chi connectivity index (χ0n) is 8.32.